The summed E-state index contributed by atoms with van der Waals surface area (Å²) in [4.78, 5) is 25.5. The molecule has 0 unspecified atom stereocenters. The van der Waals surface area contributed by atoms with Gasteiger partial charge in [-0.25, -0.2) is 9.59 Å². The van der Waals surface area contributed by atoms with Crippen molar-refractivity contribution in [3.63, 3.8) is 0 Å². The number of nitrogens with one attached hydrogen (secondary N) is 3. The first-order valence-electron chi connectivity index (χ1n) is 9.55. The predicted molar refractivity (Wildman–Crippen MR) is 117 cm³/mol. The minimum absolute atomic E-state index is 0.0962. The summed E-state index contributed by atoms with van der Waals surface area (Å²) in [6.07, 6.45) is 0. The van der Waals surface area contributed by atoms with Crippen molar-refractivity contribution in [1.29, 1.82) is 0 Å². The first kappa shape index (κ1) is 21.6. The van der Waals surface area contributed by atoms with Crippen molar-refractivity contribution in [2.24, 2.45) is 0 Å². The number of urea groups is 2. The van der Waals surface area contributed by atoms with Crippen LogP contribution in [0, 0.1) is 11.8 Å². The predicted octanol–water partition coefficient (Wildman–Crippen LogP) is 2.42. The van der Waals surface area contributed by atoms with Crippen molar-refractivity contribution in [3.05, 3.63) is 42.0 Å². The molecule has 0 bridgehead atoms. The molecule has 0 radical (unpaired) electrons. The van der Waals surface area contributed by atoms with Gasteiger partial charge >= 0.3 is 12.1 Å². The molecule has 31 heavy (non-hydrogen) atoms. The van der Waals surface area contributed by atoms with Gasteiger partial charge in [-0.3, -0.25) is 4.90 Å². The molecule has 1 aliphatic heterocycles. The summed E-state index contributed by atoms with van der Waals surface area (Å²) in [6, 6.07) is 10.1. The number of ether oxygens (including phenoxy) is 3. The Morgan fingerprint density at radius 1 is 1.10 bits per heavy atom. The van der Waals surface area contributed by atoms with E-state index in [1.807, 2.05) is 24.3 Å². The number of carbonyl (C=O) groups excluding carboxylic acids is 2. The monoisotopic (exact) mass is 424 g/mol. The van der Waals surface area contributed by atoms with Gasteiger partial charge in [-0.1, -0.05) is 11.8 Å². The Kier molecular flexibility index (Phi) is 7.06. The highest BCUT2D eigenvalue weighted by atomic mass is 16.5. The lowest BCUT2D eigenvalue weighted by molar-refractivity contribution is 0.251. The highest BCUT2D eigenvalue weighted by molar-refractivity contribution is 5.94. The molecule has 3 N–H and O–H groups in total. The number of amides is 4. The molecule has 4 amide bonds. The molecule has 0 aromatic heterocycles. The van der Waals surface area contributed by atoms with Gasteiger partial charge in [-0.2, -0.15) is 0 Å². The van der Waals surface area contributed by atoms with Gasteiger partial charge in [0.15, 0.2) is 11.5 Å². The van der Waals surface area contributed by atoms with Gasteiger partial charge in [0.1, 0.15) is 0 Å². The maximum Gasteiger partial charge on any atom is 0.321 e. The minimum Gasteiger partial charge on any atom is -0.493 e. The Bertz CT molecular complexity index is 986. The molecule has 1 aliphatic rings. The smallest absolute Gasteiger partial charge is 0.321 e. The van der Waals surface area contributed by atoms with Crippen molar-refractivity contribution < 1.29 is 23.8 Å². The number of carbonyl (C=O) groups is 2. The lowest BCUT2D eigenvalue weighted by Gasteiger charge is -2.14. The third-order valence-corrected chi connectivity index (χ3v) is 4.53. The maximum atomic E-state index is 12.2. The second-order valence-corrected chi connectivity index (χ2v) is 6.45. The summed E-state index contributed by atoms with van der Waals surface area (Å²) in [5, 5.41) is 8.14. The summed E-state index contributed by atoms with van der Waals surface area (Å²) < 4.78 is 15.8. The Hall–Kier alpha value is -4.06. The third-order valence-electron chi connectivity index (χ3n) is 4.53. The normalized spacial score (nSPS) is 12.4. The molecular weight excluding hydrogens is 400 g/mol. The topological polar surface area (TPSA) is 101 Å². The van der Waals surface area contributed by atoms with Crippen LogP contribution in [0.25, 0.3) is 0 Å². The molecular formula is C22H24N4O5. The summed E-state index contributed by atoms with van der Waals surface area (Å²) in [5.41, 5.74) is 2.10. The van der Waals surface area contributed by atoms with Crippen LogP contribution in [0.15, 0.2) is 36.4 Å². The highest BCUT2D eigenvalue weighted by Crippen LogP contribution is 2.39. The number of hydrogen-bond acceptors (Lipinski definition) is 5. The summed E-state index contributed by atoms with van der Waals surface area (Å²) in [6.45, 7) is 1.45. The van der Waals surface area contributed by atoms with Crippen LogP contribution in [-0.4, -0.2) is 53.0 Å². The largest absolute Gasteiger partial charge is 0.493 e. The van der Waals surface area contributed by atoms with E-state index in [1.165, 1.54) is 21.3 Å². The van der Waals surface area contributed by atoms with E-state index in [9.17, 15) is 9.59 Å². The summed E-state index contributed by atoms with van der Waals surface area (Å²) in [5.74, 6) is 7.19. The van der Waals surface area contributed by atoms with Crippen LogP contribution in [0.1, 0.15) is 5.56 Å². The molecule has 0 saturated carbocycles. The molecule has 9 nitrogen and oxygen atoms in total. The van der Waals surface area contributed by atoms with Crippen LogP contribution in [0.4, 0.5) is 21.0 Å². The fourth-order valence-corrected chi connectivity index (χ4v) is 3.04. The standard InChI is InChI=1S/C22H24N4O5/c1-29-18-13-16(14-19(30-2)20(18)31-3)25-21(27)23-10-4-5-15-6-8-17(9-7-15)26-12-11-24-22(26)28/h6-9,13-14H,10-12H2,1-3H3,(H,24,28)(H2,23,25,27). The van der Waals surface area contributed by atoms with Crippen LogP contribution < -0.4 is 35.1 Å². The molecule has 1 saturated heterocycles. The summed E-state index contributed by atoms with van der Waals surface area (Å²) >= 11 is 0. The molecule has 162 valence electrons. The molecule has 9 heteroatoms. The van der Waals surface area contributed by atoms with E-state index >= 15 is 0 Å². The van der Waals surface area contributed by atoms with Crippen molar-refractivity contribution in [2.45, 2.75) is 0 Å². The maximum absolute atomic E-state index is 12.2. The van der Waals surface area contributed by atoms with E-state index in [0.29, 0.717) is 36.0 Å². The zero-order valence-electron chi connectivity index (χ0n) is 17.6. The van der Waals surface area contributed by atoms with Crippen LogP contribution in [-0.2, 0) is 0 Å². The van der Waals surface area contributed by atoms with E-state index in [-0.39, 0.29) is 12.6 Å². The number of anilines is 2. The van der Waals surface area contributed by atoms with E-state index < -0.39 is 6.03 Å². The van der Waals surface area contributed by atoms with Crippen LogP contribution >= 0.6 is 0 Å². The summed E-state index contributed by atoms with van der Waals surface area (Å²) in [7, 11) is 4.52. The van der Waals surface area contributed by atoms with Crippen LogP contribution in [0.2, 0.25) is 0 Å². The third kappa shape index (κ3) is 5.30. The van der Waals surface area contributed by atoms with E-state index in [4.69, 9.17) is 14.2 Å². The Morgan fingerprint density at radius 2 is 1.77 bits per heavy atom. The number of nitrogens with zero attached hydrogens (tertiary/aromatic N) is 1. The zero-order chi connectivity index (χ0) is 22.2. The first-order chi connectivity index (χ1) is 15.0. The van der Waals surface area contributed by atoms with Gasteiger partial charge in [0.25, 0.3) is 0 Å². The lowest BCUT2D eigenvalue weighted by atomic mass is 10.2. The molecule has 1 fully saturated rings. The SMILES string of the molecule is COc1cc(NC(=O)NCC#Cc2ccc(N3CCNC3=O)cc2)cc(OC)c1OC. The van der Waals surface area contributed by atoms with Crippen molar-refractivity contribution in [1.82, 2.24) is 10.6 Å². The average molecular weight is 424 g/mol. The van der Waals surface area contributed by atoms with Crippen molar-refractivity contribution in [2.75, 3.05) is 51.2 Å². The molecule has 0 aliphatic carbocycles. The number of rotatable bonds is 6. The number of benzene rings is 2. The van der Waals surface area contributed by atoms with E-state index in [2.05, 4.69) is 27.8 Å². The fourth-order valence-electron chi connectivity index (χ4n) is 3.04. The average Bonchev–Trinajstić information content (AvgIpc) is 3.22. The minimum atomic E-state index is -0.418. The van der Waals surface area contributed by atoms with Crippen LogP contribution in [0.5, 0.6) is 17.2 Å². The second-order valence-electron chi connectivity index (χ2n) is 6.45. The van der Waals surface area contributed by atoms with Gasteiger partial charge in [0, 0.05) is 36.5 Å². The quantitative estimate of drug-likeness (QED) is 0.619. The molecule has 0 atom stereocenters. The Morgan fingerprint density at radius 3 is 2.32 bits per heavy atom. The fraction of sp³-hybridized carbons (Fsp3) is 0.273. The van der Waals surface area contributed by atoms with Gasteiger partial charge in [-0.05, 0) is 24.3 Å². The number of hydrogen-bond donors (Lipinski definition) is 3. The molecule has 2 aromatic rings. The first-order valence-corrected chi connectivity index (χ1v) is 9.55. The van der Waals surface area contributed by atoms with Gasteiger partial charge in [0.05, 0.1) is 33.6 Å². The molecule has 3 rings (SSSR count). The Balaban J connectivity index is 1.54. The molecule has 2 aromatic carbocycles. The van der Waals surface area contributed by atoms with E-state index in [1.54, 1.807) is 17.0 Å². The van der Waals surface area contributed by atoms with Gasteiger partial charge < -0.3 is 30.2 Å². The van der Waals surface area contributed by atoms with E-state index in [0.717, 1.165) is 11.3 Å². The van der Waals surface area contributed by atoms with Gasteiger partial charge in [-0.15, -0.1) is 0 Å². The zero-order valence-corrected chi connectivity index (χ0v) is 17.6. The lowest BCUT2D eigenvalue weighted by Crippen LogP contribution is -2.28. The second kappa shape index (κ2) is 10.1. The van der Waals surface area contributed by atoms with Crippen LogP contribution in [0.3, 0.4) is 0 Å². The van der Waals surface area contributed by atoms with Gasteiger partial charge in [0.2, 0.25) is 5.75 Å². The highest BCUT2D eigenvalue weighted by Gasteiger charge is 2.20. The number of methoxy groups -OCH3 is 3. The molecule has 0 spiro atoms. The molecule has 1 heterocycles. The van der Waals surface area contributed by atoms with Crippen molar-refractivity contribution >= 4 is 23.4 Å². The Labute approximate surface area is 180 Å². The van der Waals surface area contributed by atoms with Crippen molar-refractivity contribution in [3.8, 4) is 29.1 Å².